The molecular weight excluding hydrogens is 446 g/mol. The van der Waals surface area contributed by atoms with Gasteiger partial charge < -0.3 is 15.5 Å². The van der Waals surface area contributed by atoms with Crippen LogP contribution in [0.3, 0.4) is 0 Å². The summed E-state index contributed by atoms with van der Waals surface area (Å²) in [6.07, 6.45) is 2.85. The van der Waals surface area contributed by atoms with Gasteiger partial charge in [0.2, 0.25) is 5.91 Å². The number of nitrogens with zero attached hydrogens (tertiary/aromatic N) is 2. The lowest BCUT2D eigenvalue weighted by atomic mass is 9.95. The minimum Gasteiger partial charge on any atom is -0.355 e. The van der Waals surface area contributed by atoms with Gasteiger partial charge >= 0.3 is 0 Å². The van der Waals surface area contributed by atoms with Gasteiger partial charge in [-0.3, -0.25) is 4.79 Å². The number of carbonyl (C=O) groups is 1. The molecule has 1 amide bonds. The van der Waals surface area contributed by atoms with Crippen molar-refractivity contribution in [1.82, 2.24) is 15.5 Å². The Labute approximate surface area is 172 Å². The maximum absolute atomic E-state index is 14.1. The van der Waals surface area contributed by atoms with Gasteiger partial charge in [-0.1, -0.05) is 25.1 Å². The fraction of sp³-hybridized carbons (Fsp3) is 0.579. The summed E-state index contributed by atoms with van der Waals surface area (Å²) in [5.74, 6) is 0.394. The first kappa shape index (κ1) is 22.7. The van der Waals surface area contributed by atoms with E-state index in [4.69, 9.17) is 0 Å². The predicted molar refractivity (Wildman–Crippen MR) is 115 cm³/mol. The molecule has 1 fully saturated rings. The maximum atomic E-state index is 14.1. The molecule has 26 heavy (non-hydrogen) atoms. The van der Waals surface area contributed by atoms with Gasteiger partial charge in [0, 0.05) is 32.1 Å². The van der Waals surface area contributed by atoms with E-state index in [-0.39, 0.29) is 53.7 Å². The maximum Gasteiger partial charge on any atom is 0.243 e. The van der Waals surface area contributed by atoms with Crippen molar-refractivity contribution >= 4 is 35.8 Å². The summed E-state index contributed by atoms with van der Waals surface area (Å²) in [6, 6.07) is 7.20. The summed E-state index contributed by atoms with van der Waals surface area (Å²) in [6.45, 7) is 4.84. The van der Waals surface area contributed by atoms with Gasteiger partial charge in [-0.05, 0) is 37.8 Å². The summed E-state index contributed by atoms with van der Waals surface area (Å²) in [7, 11) is 3.43. The summed E-state index contributed by atoms with van der Waals surface area (Å²) >= 11 is 0. The Hall–Kier alpha value is -1.38. The lowest BCUT2D eigenvalue weighted by Crippen LogP contribution is -2.45. The number of rotatable bonds is 7. The van der Waals surface area contributed by atoms with Crippen LogP contribution in [0.4, 0.5) is 4.39 Å². The second-order valence-electron chi connectivity index (χ2n) is 7.02. The fourth-order valence-electron chi connectivity index (χ4n) is 2.61. The summed E-state index contributed by atoms with van der Waals surface area (Å²) in [5.41, 5.74) is 0.587. The van der Waals surface area contributed by atoms with Gasteiger partial charge in [-0.25, -0.2) is 9.38 Å². The third-order valence-electron chi connectivity index (χ3n) is 4.76. The molecule has 2 N–H and O–H groups in total. The second kappa shape index (κ2) is 10.1. The van der Waals surface area contributed by atoms with Crippen molar-refractivity contribution in [2.24, 2.45) is 4.99 Å². The molecule has 1 aliphatic carbocycles. The number of aliphatic imine (C=N–C) groups is 1. The summed E-state index contributed by atoms with van der Waals surface area (Å²) in [5, 5.41) is 6.61. The van der Waals surface area contributed by atoms with Crippen LogP contribution in [0.1, 0.15) is 38.7 Å². The molecule has 1 atom stereocenters. The molecule has 1 aliphatic rings. The SMILES string of the molecule is CCC(C)NC(=NCC(=O)N(C)C)NCC1(c2ccccc2F)CC1.I. The number of benzene rings is 1. The molecule has 0 aliphatic heterocycles. The van der Waals surface area contributed by atoms with Crippen molar-refractivity contribution in [1.29, 1.82) is 0 Å². The number of hydrogen-bond donors (Lipinski definition) is 2. The molecule has 0 bridgehead atoms. The van der Waals surface area contributed by atoms with Crippen molar-refractivity contribution in [2.45, 2.75) is 44.6 Å². The Balaban J connectivity index is 0.00000338. The van der Waals surface area contributed by atoms with Crippen molar-refractivity contribution in [2.75, 3.05) is 27.2 Å². The van der Waals surface area contributed by atoms with Crippen molar-refractivity contribution in [3.63, 3.8) is 0 Å². The molecule has 0 saturated heterocycles. The Morgan fingerprint density at radius 2 is 2.00 bits per heavy atom. The molecule has 146 valence electrons. The molecule has 0 heterocycles. The van der Waals surface area contributed by atoms with E-state index in [1.807, 2.05) is 12.1 Å². The molecule has 1 aromatic rings. The standard InChI is InChI=1S/C19H29FN4O.HI/c1-5-14(2)23-18(21-12-17(25)24(3)4)22-13-19(10-11-19)15-8-6-7-9-16(15)20;/h6-9,14H,5,10-13H2,1-4H3,(H2,21,22,23);1H. The number of amides is 1. The van der Waals surface area contributed by atoms with Crippen molar-refractivity contribution in [3.05, 3.63) is 35.6 Å². The molecule has 5 nitrogen and oxygen atoms in total. The molecule has 0 radical (unpaired) electrons. The molecule has 1 saturated carbocycles. The van der Waals surface area contributed by atoms with E-state index in [0.717, 1.165) is 24.8 Å². The average Bonchev–Trinajstić information content (AvgIpc) is 3.38. The molecule has 1 aromatic carbocycles. The Bertz CT molecular complexity index is 632. The van der Waals surface area contributed by atoms with Crippen molar-refractivity contribution < 1.29 is 9.18 Å². The Morgan fingerprint density at radius 1 is 1.35 bits per heavy atom. The van der Waals surface area contributed by atoms with Crippen LogP contribution < -0.4 is 10.6 Å². The van der Waals surface area contributed by atoms with E-state index in [9.17, 15) is 9.18 Å². The van der Waals surface area contributed by atoms with E-state index in [1.54, 1.807) is 20.2 Å². The molecule has 0 aromatic heterocycles. The zero-order chi connectivity index (χ0) is 18.4. The van der Waals surface area contributed by atoms with Crippen molar-refractivity contribution in [3.8, 4) is 0 Å². The summed E-state index contributed by atoms with van der Waals surface area (Å²) < 4.78 is 14.1. The first-order chi connectivity index (χ1) is 11.9. The van der Waals surface area contributed by atoms with Crippen LogP contribution in [0.15, 0.2) is 29.3 Å². The summed E-state index contributed by atoms with van der Waals surface area (Å²) in [4.78, 5) is 17.7. The molecular formula is C19H30FIN4O. The lowest BCUT2D eigenvalue weighted by molar-refractivity contribution is -0.127. The van der Waals surface area contributed by atoms with Crippen LogP contribution in [0.2, 0.25) is 0 Å². The number of carbonyl (C=O) groups excluding carboxylic acids is 1. The highest BCUT2D eigenvalue weighted by Gasteiger charge is 2.45. The quantitative estimate of drug-likeness (QED) is 0.362. The smallest absolute Gasteiger partial charge is 0.243 e. The van der Waals surface area contributed by atoms with E-state index in [1.165, 1.54) is 11.0 Å². The molecule has 0 spiro atoms. The minimum absolute atomic E-state index is 0. The highest BCUT2D eigenvalue weighted by atomic mass is 127. The number of likely N-dealkylation sites (N-methyl/N-ethyl adjacent to an activating group) is 1. The van der Waals surface area contributed by atoms with Gasteiger partial charge in [0.1, 0.15) is 12.4 Å². The molecule has 1 unspecified atom stereocenters. The van der Waals surface area contributed by atoms with Gasteiger partial charge in [0.05, 0.1) is 0 Å². The third kappa shape index (κ3) is 6.10. The van der Waals surface area contributed by atoms with Crippen LogP contribution in [-0.2, 0) is 10.2 Å². The molecule has 7 heteroatoms. The predicted octanol–water partition coefficient (Wildman–Crippen LogP) is 2.90. The van der Waals surface area contributed by atoms with Crippen LogP contribution in [0.5, 0.6) is 0 Å². The van der Waals surface area contributed by atoms with Gasteiger partial charge in [-0.15, -0.1) is 24.0 Å². The van der Waals surface area contributed by atoms with E-state index < -0.39 is 0 Å². The van der Waals surface area contributed by atoms with Gasteiger partial charge in [0.25, 0.3) is 0 Å². The Morgan fingerprint density at radius 3 is 2.54 bits per heavy atom. The van der Waals surface area contributed by atoms with Crippen LogP contribution in [0, 0.1) is 5.82 Å². The first-order valence-corrected chi connectivity index (χ1v) is 8.88. The van der Waals surface area contributed by atoms with Gasteiger partial charge in [0.15, 0.2) is 5.96 Å². The first-order valence-electron chi connectivity index (χ1n) is 8.88. The van der Waals surface area contributed by atoms with Gasteiger partial charge in [-0.2, -0.15) is 0 Å². The second-order valence-corrected chi connectivity index (χ2v) is 7.02. The largest absolute Gasteiger partial charge is 0.355 e. The number of nitrogens with one attached hydrogen (secondary N) is 2. The van der Waals surface area contributed by atoms with E-state index in [2.05, 4.69) is 29.5 Å². The molecule has 2 rings (SSSR count). The zero-order valence-corrected chi connectivity index (χ0v) is 18.3. The lowest BCUT2D eigenvalue weighted by Gasteiger charge is -2.22. The average molecular weight is 476 g/mol. The topological polar surface area (TPSA) is 56.7 Å². The van der Waals surface area contributed by atoms with Crippen LogP contribution in [-0.4, -0.2) is 50.0 Å². The van der Waals surface area contributed by atoms with Crippen LogP contribution in [0.25, 0.3) is 0 Å². The van der Waals surface area contributed by atoms with E-state index >= 15 is 0 Å². The van der Waals surface area contributed by atoms with Crippen LogP contribution >= 0.6 is 24.0 Å². The number of hydrogen-bond acceptors (Lipinski definition) is 2. The highest BCUT2D eigenvalue weighted by molar-refractivity contribution is 14.0. The third-order valence-corrected chi connectivity index (χ3v) is 4.76. The minimum atomic E-state index is -0.172. The van der Waals surface area contributed by atoms with E-state index in [0.29, 0.717) is 12.5 Å². The highest BCUT2D eigenvalue weighted by Crippen LogP contribution is 2.48. The number of halogens is 2. The fourth-order valence-corrected chi connectivity index (χ4v) is 2.61. The Kier molecular flexibility index (Phi) is 8.79. The zero-order valence-electron chi connectivity index (χ0n) is 16.0. The monoisotopic (exact) mass is 476 g/mol. The number of guanidine groups is 1. The normalized spacial score (nSPS) is 16.3.